The van der Waals surface area contributed by atoms with Crippen LogP contribution >= 0.6 is 11.3 Å². The molecule has 0 bridgehead atoms. The molecule has 2 rings (SSSR count). The Hall–Kier alpha value is -1.29. The lowest BCUT2D eigenvalue weighted by molar-refractivity contribution is 0.0935. The number of aromatic nitrogens is 1. The van der Waals surface area contributed by atoms with Crippen molar-refractivity contribution in [2.24, 2.45) is 0 Å². The van der Waals surface area contributed by atoms with Crippen molar-refractivity contribution in [3.05, 3.63) is 23.2 Å². The highest BCUT2D eigenvalue weighted by Crippen LogP contribution is 2.21. The minimum atomic E-state index is -0.0206. The van der Waals surface area contributed by atoms with Gasteiger partial charge in [0.25, 0.3) is 5.91 Å². The van der Waals surface area contributed by atoms with Gasteiger partial charge in [-0.2, -0.15) is 0 Å². The van der Waals surface area contributed by atoms with Gasteiger partial charge in [-0.05, 0) is 30.9 Å². The fourth-order valence-corrected chi connectivity index (χ4v) is 2.16. The molecular weight excluding hydrogens is 208 g/mol. The Morgan fingerprint density at radius 2 is 2.47 bits per heavy atom. The number of thiophene rings is 1. The molecule has 15 heavy (non-hydrogen) atoms. The molecule has 2 aromatic rings. The summed E-state index contributed by atoms with van der Waals surface area (Å²) < 4.78 is 1.13. The van der Waals surface area contributed by atoms with Crippen molar-refractivity contribution >= 4 is 27.5 Å². The molecule has 0 fully saturated rings. The number of rotatable bonds is 3. The molecule has 1 atom stereocenters. The summed E-state index contributed by atoms with van der Waals surface area (Å²) in [5.74, 6) is -0.0206. The molecule has 0 aromatic carbocycles. The fourth-order valence-electron chi connectivity index (χ4n) is 1.37. The maximum atomic E-state index is 11.7. The molecule has 2 N–H and O–H groups in total. The van der Waals surface area contributed by atoms with Crippen LogP contribution < -0.4 is 5.32 Å². The van der Waals surface area contributed by atoms with Crippen LogP contribution in [0.2, 0.25) is 0 Å². The van der Waals surface area contributed by atoms with E-state index in [1.807, 2.05) is 24.4 Å². The minimum absolute atomic E-state index is 0.0206. The lowest BCUT2D eigenvalue weighted by atomic mass is 10.2. The summed E-state index contributed by atoms with van der Waals surface area (Å²) in [5, 5.41) is 4.94. The fraction of sp³-hybridized carbons (Fsp3) is 0.364. The van der Waals surface area contributed by atoms with Crippen LogP contribution in [0.3, 0.4) is 0 Å². The smallest absolute Gasteiger partial charge is 0.267 e. The van der Waals surface area contributed by atoms with E-state index in [0.29, 0.717) is 5.69 Å². The standard InChI is InChI=1S/C11H14N2OS/c1-3-7(2)12-11(14)9-6-10-8(13-9)4-5-15-10/h4-7,13H,3H2,1-2H3,(H,12,14). The van der Waals surface area contributed by atoms with Crippen LogP contribution in [0.25, 0.3) is 10.2 Å². The molecule has 0 radical (unpaired) electrons. The number of H-pyrrole nitrogens is 1. The second-order valence-electron chi connectivity index (χ2n) is 3.66. The zero-order valence-electron chi connectivity index (χ0n) is 8.83. The Kier molecular flexibility index (Phi) is 2.77. The monoisotopic (exact) mass is 222 g/mol. The van der Waals surface area contributed by atoms with Gasteiger partial charge in [0.2, 0.25) is 0 Å². The lowest BCUT2D eigenvalue weighted by Gasteiger charge is -2.09. The van der Waals surface area contributed by atoms with Crippen LogP contribution in [0.15, 0.2) is 17.5 Å². The summed E-state index contributed by atoms with van der Waals surface area (Å²) in [6.07, 6.45) is 0.945. The van der Waals surface area contributed by atoms with Crippen LogP contribution in [0.4, 0.5) is 0 Å². The first kappa shape index (κ1) is 10.2. The van der Waals surface area contributed by atoms with Gasteiger partial charge in [0, 0.05) is 6.04 Å². The molecule has 0 aliphatic heterocycles. The summed E-state index contributed by atoms with van der Waals surface area (Å²) in [6, 6.07) is 4.11. The van der Waals surface area contributed by atoms with E-state index in [4.69, 9.17) is 0 Å². The van der Waals surface area contributed by atoms with Gasteiger partial charge in [-0.25, -0.2) is 0 Å². The van der Waals surface area contributed by atoms with Crippen molar-refractivity contribution in [3.63, 3.8) is 0 Å². The van der Waals surface area contributed by atoms with Crippen molar-refractivity contribution in [2.75, 3.05) is 0 Å². The van der Waals surface area contributed by atoms with Crippen molar-refractivity contribution in [1.82, 2.24) is 10.3 Å². The maximum absolute atomic E-state index is 11.7. The Morgan fingerprint density at radius 3 is 3.13 bits per heavy atom. The molecule has 4 heteroatoms. The predicted octanol–water partition coefficient (Wildman–Crippen LogP) is 2.76. The number of fused-ring (bicyclic) bond motifs is 1. The van der Waals surface area contributed by atoms with Crippen LogP contribution in [-0.4, -0.2) is 16.9 Å². The number of aromatic amines is 1. The molecule has 0 spiro atoms. The van der Waals surface area contributed by atoms with Gasteiger partial charge in [0.05, 0.1) is 10.2 Å². The summed E-state index contributed by atoms with van der Waals surface area (Å²) in [7, 11) is 0. The summed E-state index contributed by atoms with van der Waals surface area (Å²) in [6.45, 7) is 4.06. The number of hydrogen-bond acceptors (Lipinski definition) is 2. The third kappa shape index (κ3) is 2.04. The highest BCUT2D eigenvalue weighted by Gasteiger charge is 2.11. The highest BCUT2D eigenvalue weighted by molar-refractivity contribution is 7.17. The average Bonchev–Trinajstić information content (AvgIpc) is 2.76. The van der Waals surface area contributed by atoms with Gasteiger partial charge >= 0.3 is 0 Å². The van der Waals surface area contributed by atoms with Crippen molar-refractivity contribution in [3.8, 4) is 0 Å². The molecule has 1 unspecified atom stereocenters. The van der Waals surface area contributed by atoms with E-state index >= 15 is 0 Å². The van der Waals surface area contributed by atoms with Crippen LogP contribution in [0.1, 0.15) is 30.8 Å². The SMILES string of the molecule is CCC(C)NC(=O)c1cc2sccc2[nH]1. The van der Waals surface area contributed by atoms with Gasteiger partial charge in [0.1, 0.15) is 5.69 Å². The third-order valence-corrected chi connectivity index (χ3v) is 3.34. The molecule has 0 aliphatic rings. The highest BCUT2D eigenvalue weighted by atomic mass is 32.1. The van der Waals surface area contributed by atoms with E-state index in [9.17, 15) is 4.79 Å². The van der Waals surface area contributed by atoms with Gasteiger partial charge in [-0.15, -0.1) is 11.3 Å². The van der Waals surface area contributed by atoms with Gasteiger partial charge in [-0.3, -0.25) is 4.79 Å². The molecule has 3 nitrogen and oxygen atoms in total. The quantitative estimate of drug-likeness (QED) is 0.824. The number of amides is 1. The predicted molar refractivity (Wildman–Crippen MR) is 63.4 cm³/mol. The molecular formula is C11H14N2OS. The van der Waals surface area contributed by atoms with Crippen LogP contribution in [-0.2, 0) is 0 Å². The molecule has 1 amide bonds. The molecule has 80 valence electrons. The van der Waals surface area contributed by atoms with E-state index < -0.39 is 0 Å². The zero-order chi connectivity index (χ0) is 10.8. The summed E-state index contributed by atoms with van der Waals surface area (Å²) in [5.41, 5.74) is 1.69. The Morgan fingerprint density at radius 1 is 1.67 bits per heavy atom. The number of hydrogen-bond donors (Lipinski definition) is 2. The van der Waals surface area contributed by atoms with Gasteiger partial charge in [0.15, 0.2) is 0 Å². The Labute approximate surface area is 92.5 Å². The molecule has 0 saturated heterocycles. The second kappa shape index (κ2) is 4.06. The van der Waals surface area contributed by atoms with E-state index in [1.165, 1.54) is 0 Å². The van der Waals surface area contributed by atoms with E-state index in [0.717, 1.165) is 16.6 Å². The number of carbonyl (C=O) groups excluding carboxylic acids is 1. The van der Waals surface area contributed by atoms with E-state index in [-0.39, 0.29) is 11.9 Å². The normalized spacial score (nSPS) is 12.9. The van der Waals surface area contributed by atoms with Crippen LogP contribution in [0.5, 0.6) is 0 Å². The zero-order valence-corrected chi connectivity index (χ0v) is 9.65. The van der Waals surface area contributed by atoms with Crippen molar-refractivity contribution in [2.45, 2.75) is 26.3 Å². The first-order valence-electron chi connectivity index (χ1n) is 5.07. The van der Waals surface area contributed by atoms with E-state index in [2.05, 4.69) is 17.2 Å². The second-order valence-corrected chi connectivity index (χ2v) is 4.61. The van der Waals surface area contributed by atoms with Crippen molar-refractivity contribution in [1.29, 1.82) is 0 Å². The molecule has 0 aliphatic carbocycles. The van der Waals surface area contributed by atoms with E-state index in [1.54, 1.807) is 11.3 Å². The largest absolute Gasteiger partial charge is 0.350 e. The van der Waals surface area contributed by atoms with Crippen LogP contribution in [0, 0.1) is 0 Å². The topological polar surface area (TPSA) is 44.9 Å². The maximum Gasteiger partial charge on any atom is 0.267 e. The lowest BCUT2D eigenvalue weighted by Crippen LogP contribution is -2.32. The molecule has 2 heterocycles. The number of carbonyl (C=O) groups is 1. The minimum Gasteiger partial charge on any atom is -0.350 e. The molecule has 0 saturated carbocycles. The first-order chi connectivity index (χ1) is 7.20. The average molecular weight is 222 g/mol. The Bertz CT molecular complexity index is 443. The first-order valence-corrected chi connectivity index (χ1v) is 5.95. The summed E-state index contributed by atoms with van der Waals surface area (Å²) in [4.78, 5) is 14.8. The van der Waals surface area contributed by atoms with Gasteiger partial charge < -0.3 is 10.3 Å². The number of nitrogens with one attached hydrogen (secondary N) is 2. The summed E-state index contributed by atoms with van der Waals surface area (Å²) >= 11 is 1.64. The third-order valence-electron chi connectivity index (χ3n) is 2.47. The van der Waals surface area contributed by atoms with Crippen molar-refractivity contribution < 1.29 is 4.79 Å². The Balaban J connectivity index is 2.17. The van der Waals surface area contributed by atoms with Gasteiger partial charge in [-0.1, -0.05) is 6.92 Å². The molecule has 2 aromatic heterocycles.